The van der Waals surface area contributed by atoms with E-state index in [1.54, 1.807) is 20.3 Å². The number of carbonyl (C=O) groups is 1. The van der Waals surface area contributed by atoms with Gasteiger partial charge in [-0.15, -0.1) is 0 Å². The summed E-state index contributed by atoms with van der Waals surface area (Å²) in [4.78, 5) is 11.9. The second-order valence-electron chi connectivity index (χ2n) is 4.24. The molecule has 4 heteroatoms. The highest BCUT2D eigenvalue weighted by Crippen LogP contribution is 2.35. The van der Waals surface area contributed by atoms with Gasteiger partial charge in [0.1, 0.15) is 0 Å². The molecule has 1 atom stereocenters. The van der Waals surface area contributed by atoms with Crippen LogP contribution in [-0.4, -0.2) is 31.7 Å². The summed E-state index contributed by atoms with van der Waals surface area (Å²) >= 11 is 0. The first-order valence-electron chi connectivity index (χ1n) is 5.58. The van der Waals surface area contributed by atoms with Gasteiger partial charge in [0.05, 0.1) is 14.2 Å². The topological polar surface area (TPSA) is 55.8 Å². The van der Waals surface area contributed by atoms with E-state index in [9.17, 15) is 4.79 Å². The Morgan fingerprint density at radius 1 is 1.24 bits per heavy atom. The highest BCUT2D eigenvalue weighted by Gasteiger charge is 2.26. The normalized spacial score (nSPS) is 18.8. The Balaban J connectivity index is 2.46. The van der Waals surface area contributed by atoms with E-state index >= 15 is 0 Å². The largest absolute Gasteiger partial charge is 0.493 e. The zero-order chi connectivity index (χ0) is 12.4. The number of aliphatic hydroxyl groups is 1. The van der Waals surface area contributed by atoms with Crippen LogP contribution in [0.5, 0.6) is 11.5 Å². The lowest BCUT2D eigenvalue weighted by molar-refractivity contribution is 0.0918. The Morgan fingerprint density at radius 2 is 1.88 bits per heavy atom. The number of hydrogen-bond acceptors (Lipinski definition) is 4. The van der Waals surface area contributed by atoms with E-state index in [1.807, 2.05) is 6.07 Å². The predicted molar refractivity (Wildman–Crippen MR) is 62.8 cm³/mol. The number of aliphatic hydroxyl groups excluding tert-OH is 1. The van der Waals surface area contributed by atoms with E-state index in [2.05, 4.69) is 0 Å². The van der Waals surface area contributed by atoms with Crippen LogP contribution in [0.2, 0.25) is 0 Å². The van der Waals surface area contributed by atoms with E-state index in [0.717, 1.165) is 5.56 Å². The van der Waals surface area contributed by atoms with Gasteiger partial charge in [0, 0.05) is 18.6 Å². The van der Waals surface area contributed by atoms with Gasteiger partial charge in [-0.1, -0.05) is 0 Å². The molecule has 1 aliphatic rings. The zero-order valence-corrected chi connectivity index (χ0v) is 10.0. The summed E-state index contributed by atoms with van der Waals surface area (Å²) in [5.74, 6) is 1.28. The minimum absolute atomic E-state index is 0.0214. The number of ether oxygens (including phenoxy) is 2. The molecule has 0 aromatic heterocycles. The van der Waals surface area contributed by atoms with Crippen molar-refractivity contribution in [1.29, 1.82) is 0 Å². The van der Waals surface area contributed by atoms with Gasteiger partial charge in [-0.25, -0.2) is 0 Å². The molecular weight excluding hydrogens is 220 g/mol. The molecule has 92 valence electrons. The Kier molecular flexibility index (Phi) is 3.33. The van der Waals surface area contributed by atoms with Crippen LogP contribution in [-0.2, 0) is 6.42 Å². The number of carbonyl (C=O) groups excluding carboxylic acids is 1. The molecule has 0 spiro atoms. The Morgan fingerprint density at radius 3 is 2.47 bits per heavy atom. The summed E-state index contributed by atoms with van der Waals surface area (Å²) in [6.07, 6.45) is 1.11. The minimum Gasteiger partial charge on any atom is -0.493 e. The third kappa shape index (κ3) is 2.13. The van der Waals surface area contributed by atoms with E-state index in [-0.39, 0.29) is 18.3 Å². The summed E-state index contributed by atoms with van der Waals surface area (Å²) in [5.41, 5.74) is 1.62. The van der Waals surface area contributed by atoms with Crippen molar-refractivity contribution in [3.63, 3.8) is 0 Å². The average Bonchev–Trinajstić information content (AvgIpc) is 2.36. The van der Waals surface area contributed by atoms with Crippen molar-refractivity contribution in [1.82, 2.24) is 0 Å². The van der Waals surface area contributed by atoms with Crippen molar-refractivity contribution in [2.45, 2.75) is 12.8 Å². The minimum atomic E-state index is 0.0214. The van der Waals surface area contributed by atoms with Crippen molar-refractivity contribution in [3.05, 3.63) is 23.3 Å². The van der Waals surface area contributed by atoms with Crippen LogP contribution in [0.25, 0.3) is 0 Å². The molecule has 1 aliphatic carbocycles. The van der Waals surface area contributed by atoms with Crippen LogP contribution >= 0.6 is 0 Å². The highest BCUT2D eigenvalue weighted by molar-refractivity contribution is 5.99. The van der Waals surface area contributed by atoms with Crippen molar-refractivity contribution in [3.8, 4) is 11.5 Å². The molecule has 1 aromatic carbocycles. The SMILES string of the molecule is COc1cc2c(cc1OC)C(=O)CC(CO)C2. The number of benzene rings is 1. The maximum absolute atomic E-state index is 11.9. The maximum Gasteiger partial charge on any atom is 0.163 e. The third-order valence-electron chi connectivity index (χ3n) is 3.15. The van der Waals surface area contributed by atoms with E-state index in [4.69, 9.17) is 14.6 Å². The monoisotopic (exact) mass is 236 g/mol. The summed E-state index contributed by atoms with van der Waals surface area (Å²) < 4.78 is 10.4. The summed E-state index contributed by atoms with van der Waals surface area (Å²) in [6.45, 7) is 0.0412. The Bertz CT molecular complexity index is 439. The van der Waals surface area contributed by atoms with Crippen molar-refractivity contribution in [2.75, 3.05) is 20.8 Å². The van der Waals surface area contributed by atoms with E-state index in [0.29, 0.717) is 29.9 Å². The Labute approximate surface area is 100 Å². The number of rotatable bonds is 3. The maximum atomic E-state index is 11.9. The van der Waals surface area contributed by atoms with Gasteiger partial charge in [0.2, 0.25) is 0 Å². The zero-order valence-electron chi connectivity index (χ0n) is 10.0. The van der Waals surface area contributed by atoms with E-state index in [1.165, 1.54) is 0 Å². The van der Waals surface area contributed by atoms with Crippen LogP contribution in [0.15, 0.2) is 12.1 Å². The van der Waals surface area contributed by atoms with Gasteiger partial charge in [-0.2, -0.15) is 0 Å². The molecule has 0 bridgehead atoms. The lowest BCUT2D eigenvalue weighted by Crippen LogP contribution is -2.22. The van der Waals surface area contributed by atoms with Crippen molar-refractivity contribution >= 4 is 5.78 Å². The van der Waals surface area contributed by atoms with Crippen LogP contribution in [0.4, 0.5) is 0 Å². The van der Waals surface area contributed by atoms with Gasteiger partial charge in [-0.05, 0) is 30.0 Å². The molecule has 0 amide bonds. The van der Waals surface area contributed by atoms with Gasteiger partial charge in [0.15, 0.2) is 17.3 Å². The lowest BCUT2D eigenvalue weighted by Gasteiger charge is -2.23. The molecule has 0 aliphatic heterocycles. The smallest absolute Gasteiger partial charge is 0.163 e. The number of methoxy groups -OCH3 is 2. The van der Waals surface area contributed by atoms with Crippen LogP contribution in [0.1, 0.15) is 22.3 Å². The fourth-order valence-electron chi connectivity index (χ4n) is 2.23. The number of ketones is 1. The molecule has 17 heavy (non-hydrogen) atoms. The molecular formula is C13H16O4. The van der Waals surface area contributed by atoms with Gasteiger partial charge in [-0.3, -0.25) is 4.79 Å². The average molecular weight is 236 g/mol. The van der Waals surface area contributed by atoms with Crippen molar-refractivity contribution < 1.29 is 19.4 Å². The second-order valence-corrected chi connectivity index (χ2v) is 4.24. The molecule has 0 saturated heterocycles. The number of fused-ring (bicyclic) bond motifs is 1. The first-order chi connectivity index (χ1) is 8.19. The number of Topliss-reactive ketones (excluding diaryl/α,β-unsaturated/α-hetero) is 1. The highest BCUT2D eigenvalue weighted by atomic mass is 16.5. The molecule has 0 radical (unpaired) electrons. The molecule has 0 fully saturated rings. The first kappa shape index (κ1) is 11.9. The summed E-state index contributed by atoms with van der Waals surface area (Å²) in [7, 11) is 3.12. The fourth-order valence-corrected chi connectivity index (χ4v) is 2.23. The Hall–Kier alpha value is -1.55. The molecule has 1 aromatic rings. The fraction of sp³-hybridized carbons (Fsp3) is 0.462. The molecule has 2 rings (SSSR count). The summed E-state index contributed by atoms with van der Waals surface area (Å²) in [5, 5.41) is 9.15. The van der Waals surface area contributed by atoms with Gasteiger partial charge < -0.3 is 14.6 Å². The summed E-state index contributed by atoms with van der Waals surface area (Å²) in [6, 6.07) is 3.55. The predicted octanol–water partition coefficient (Wildman–Crippen LogP) is 1.44. The van der Waals surface area contributed by atoms with Crippen LogP contribution < -0.4 is 9.47 Å². The van der Waals surface area contributed by atoms with Gasteiger partial charge >= 0.3 is 0 Å². The molecule has 1 N–H and O–H groups in total. The molecule has 1 unspecified atom stereocenters. The standard InChI is InChI=1S/C13H16O4/c1-16-12-5-9-3-8(7-14)4-11(15)10(9)6-13(12)17-2/h5-6,8,14H,3-4,7H2,1-2H3. The second kappa shape index (κ2) is 4.75. The quantitative estimate of drug-likeness (QED) is 0.862. The van der Waals surface area contributed by atoms with E-state index < -0.39 is 0 Å². The van der Waals surface area contributed by atoms with Crippen LogP contribution in [0, 0.1) is 5.92 Å². The lowest BCUT2D eigenvalue weighted by atomic mass is 9.83. The van der Waals surface area contributed by atoms with Crippen LogP contribution in [0.3, 0.4) is 0 Å². The molecule has 0 saturated carbocycles. The molecule has 0 heterocycles. The molecule has 4 nitrogen and oxygen atoms in total. The van der Waals surface area contributed by atoms with Crippen molar-refractivity contribution in [2.24, 2.45) is 5.92 Å². The van der Waals surface area contributed by atoms with Gasteiger partial charge in [0.25, 0.3) is 0 Å². The number of hydrogen-bond donors (Lipinski definition) is 1. The third-order valence-corrected chi connectivity index (χ3v) is 3.15. The first-order valence-corrected chi connectivity index (χ1v) is 5.58.